The average molecular weight is 483 g/mol. The van der Waals surface area contributed by atoms with Gasteiger partial charge in [-0.1, -0.05) is 72.8 Å². The molecule has 0 bridgehead atoms. The number of carbonyl (C=O) groups excluding carboxylic acids is 1. The fraction of sp³-hybridized carbons (Fsp3) is 0.138. The maximum atomic E-state index is 12.4. The molecule has 182 valence electrons. The van der Waals surface area contributed by atoms with Gasteiger partial charge in [-0.3, -0.25) is 4.79 Å². The van der Waals surface area contributed by atoms with Gasteiger partial charge in [0.2, 0.25) is 5.88 Å². The Balaban J connectivity index is 1.84. The van der Waals surface area contributed by atoms with Gasteiger partial charge in [0.15, 0.2) is 17.6 Å². The highest BCUT2D eigenvalue weighted by Crippen LogP contribution is 2.38. The minimum Gasteiger partial charge on any atom is -0.487 e. The van der Waals surface area contributed by atoms with E-state index < -0.39 is 5.97 Å². The predicted molar refractivity (Wildman–Crippen MR) is 138 cm³/mol. The van der Waals surface area contributed by atoms with Gasteiger partial charge in [0, 0.05) is 25.3 Å². The van der Waals surface area contributed by atoms with E-state index in [1.165, 1.54) is 0 Å². The molecule has 0 aliphatic rings. The molecule has 0 saturated carbocycles. The van der Waals surface area contributed by atoms with Crippen molar-refractivity contribution < 1.29 is 24.2 Å². The number of benzene rings is 3. The van der Waals surface area contributed by atoms with Crippen LogP contribution in [0.3, 0.4) is 0 Å². The lowest BCUT2D eigenvalue weighted by Gasteiger charge is -2.19. The smallest absolute Gasteiger partial charge is 0.345 e. The van der Waals surface area contributed by atoms with Gasteiger partial charge in [0.05, 0.1) is 11.3 Å². The number of hydrogen-bond acceptors (Lipinski definition) is 6. The van der Waals surface area contributed by atoms with Crippen LogP contribution >= 0.6 is 0 Å². The topological polar surface area (TPSA) is 89.0 Å². The van der Waals surface area contributed by atoms with Crippen LogP contribution in [-0.4, -0.2) is 36.4 Å². The summed E-state index contributed by atoms with van der Waals surface area (Å²) < 4.78 is 11.9. The lowest BCUT2D eigenvalue weighted by Crippen LogP contribution is -2.13. The molecule has 1 heterocycles. The third kappa shape index (κ3) is 5.52. The number of rotatable bonds is 10. The molecule has 0 spiro atoms. The van der Waals surface area contributed by atoms with E-state index in [1.54, 1.807) is 0 Å². The van der Waals surface area contributed by atoms with E-state index in [4.69, 9.17) is 9.47 Å². The van der Waals surface area contributed by atoms with E-state index in [2.05, 4.69) is 4.98 Å². The Morgan fingerprint density at radius 2 is 1.42 bits per heavy atom. The standard InChI is InChI=1S/C29H26N2O5/c1-31(2)23-15-13-22(14-16-23)26-24(17-32)27(35-18-20-9-5-3-6-10-20)25(29(33)34)28(30-26)36-19-21-11-7-4-8-12-21/h3-17H,18-19H2,1-2H3,(H,33,34). The first kappa shape index (κ1) is 24.5. The van der Waals surface area contributed by atoms with Gasteiger partial charge >= 0.3 is 5.97 Å². The van der Waals surface area contributed by atoms with E-state index in [-0.39, 0.29) is 41.7 Å². The molecule has 4 aromatic rings. The zero-order valence-corrected chi connectivity index (χ0v) is 20.0. The summed E-state index contributed by atoms with van der Waals surface area (Å²) in [6.07, 6.45) is 0.579. The van der Waals surface area contributed by atoms with Gasteiger partial charge in [0.1, 0.15) is 13.2 Å². The first-order valence-electron chi connectivity index (χ1n) is 11.4. The number of carboxylic acids is 1. The lowest BCUT2D eigenvalue weighted by molar-refractivity contribution is 0.0685. The van der Waals surface area contributed by atoms with Crippen molar-refractivity contribution in [2.24, 2.45) is 0 Å². The van der Waals surface area contributed by atoms with E-state index in [9.17, 15) is 14.7 Å². The largest absolute Gasteiger partial charge is 0.487 e. The summed E-state index contributed by atoms with van der Waals surface area (Å²) in [7, 11) is 3.85. The van der Waals surface area contributed by atoms with Crippen LogP contribution < -0.4 is 14.4 Å². The zero-order chi connectivity index (χ0) is 25.5. The number of aromatic carboxylic acids is 1. The maximum Gasteiger partial charge on any atom is 0.345 e. The van der Waals surface area contributed by atoms with Crippen molar-refractivity contribution in [3.8, 4) is 22.9 Å². The number of nitrogens with zero attached hydrogens (tertiary/aromatic N) is 2. The monoisotopic (exact) mass is 482 g/mol. The van der Waals surface area contributed by atoms with Crippen LogP contribution in [0.25, 0.3) is 11.3 Å². The summed E-state index contributed by atoms with van der Waals surface area (Å²) in [5.41, 5.74) is 3.31. The Hall–Kier alpha value is -4.65. The Morgan fingerprint density at radius 3 is 1.92 bits per heavy atom. The molecule has 0 amide bonds. The second kappa shape index (κ2) is 11.2. The van der Waals surface area contributed by atoms with E-state index in [0.717, 1.165) is 16.8 Å². The summed E-state index contributed by atoms with van der Waals surface area (Å²) in [4.78, 5) is 31.2. The molecule has 0 saturated heterocycles. The van der Waals surface area contributed by atoms with Crippen LogP contribution in [0.2, 0.25) is 0 Å². The summed E-state index contributed by atoms with van der Waals surface area (Å²) in [6, 6.07) is 26.1. The number of hydrogen-bond donors (Lipinski definition) is 1. The number of pyridine rings is 1. The Bertz CT molecular complexity index is 1340. The van der Waals surface area contributed by atoms with E-state index in [0.29, 0.717) is 11.8 Å². The molecular weight excluding hydrogens is 456 g/mol. The fourth-order valence-corrected chi connectivity index (χ4v) is 3.70. The molecule has 36 heavy (non-hydrogen) atoms. The Kier molecular flexibility index (Phi) is 7.60. The number of aromatic nitrogens is 1. The zero-order valence-electron chi connectivity index (χ0n) is 20.0. The lowest BCUT2D eigenvalue weighted by atomic mass is 10.0. The second-order valence-corrected chi connectivity index (χ2v) is 8.30. The summed E-state index contributed by atoms with van der Waals surface area (Å²) in [5, 5.41) is 10.1. The highest BCUT2D eigenvalue weighted by atomic mass is 16.5. The maximum absolute atomic E-state index is 12.4. The van der Waals surface area contributed by atoms with Crippen LogP contribution in [-0.2, 0) is 13.2 Å². The minimum absolute atomic E-state index is 0.0491. The van der Waals surface area contributed by atoms with Crippen LogP contribution in [0.5, 0.6) is 11.6 Å². The third-order valence-corrected chi connectivity index (χ3v) is 5.59. The molecule has 0 atom stereocenters. The SMILES string of the molecule is CN(C)c1ccc(-c2nc(OCc3ccccc3)c(C(=O)O)c(OCc3ccccc3)c2C=O)cc1. The number of aldehydes is 1. The minimum atomic E-state index is -1.30. The molecule has 7 nitrogen and oxygen atoms in total. The molecule has 0 aliphatic carbocycles. The van der Waals surface area contributed by atoms with Crippen LogP contribution in [0.4, 0.5) is 5.69 Å². The van der Waals surface area contributed by atoms with Crippen LogP contribution in [0.15, 0.2) is 84.9 Å². The fourth-order valence-electron chi connectivity index (χ4n) is 3.70. The molecular formula is C29H26N2O5. The quantitative estimate of drug-likeness (QED) is 0.299. The summed E-state index contributed by atoms with van der Waals surface area (Å²) in [5.74, 6) is -1.50. The molecule has 3 aromatic carbocycles. The van der Waals surface area contributed by atoms with Crippen molar-refractivity contribution in [3.63, 3.8) is 0 Å². The first-order valence-corrected chi connectivity index (χ1v) is 11.4. The first-order chi connectivity index (χ1) is 17.5. The number of carboxylic acid groups (broad SMARTS) is 1. The van der Waals surface area contributed by atoms with E-state index in [1.807, 2.05) is 104 Å². The van der Waals surface area contributed by atoms with Crippen molar-refractivity contribution in [2.45, 2.75) is 13.2 Å². The Morgan fingerprint density at radius 1 is 0.861 bits per heavy atom. The van der Waals surface area contributed by atoms with Crippen molar-refractivity contribution in [1.29, 1.82) is 0 Å². The van der Waals surface area contributed by atoms with Gasteiger partial charge in [-0.15, -0.1) is 0 Å². The summed E-state index contributed by atoms with van der Waals surface area (Å²) >= 11 is 0. The van der Waals surface area contributed by atoms with Crippen molar-refractivity contribution in [2.75, 3.05) is 19.0 Å². The molecule has 1 aromatic heterocycles. The second-order valence-electron chi connectivity index (χ2n) is 8.30. The van der Waals surface area contributed by atoms with Gasteiger partial charge in [0.25, 0.3) is 0 Å². The third-order valence-electron chi connectivity index (χ3n) is 5.59. The molecule has 7 heteroatoms. The van der Waals surface area contributed by atoms with Gasteiger partial charge in [-0.05, 0) is 23.3 Å². The molecule has 0 fully saturated rings. The normalized spacial score (nSPS) is 10.5. The Labute approximate surface area is 209 Å². The van der Waals surface area contributed by atoms with Crippen molar-refractivity contribution in [1.82, 2.24) is 4.98 Å². The molecule has 1 N–H and O–H groups in total. The number of ether oxygens (including phenoxy) is 2. The van der Waals surface area contributed by atoms with Gasteiger partial charge < -0.3 is 19.5 Å². The molecule has 0 radical (unpaired) electrons. The van der Waals surface area contributed by atoms with Crippen LogP contribution in [0.1, 0.15) is 31.8 Å². The van der Waals surface area contributed by atoms with Gasteiger partial charge in [-0.25, -0.2) is 9.78 Å². The highest BCUT2D eigenvalue weighted by molar-refractivity contribution is 6.00. The summed E-state index contributed by atoms with van der Waals surface area (Å²) in [6.45, 7) is 0.175. The van der Waals surface area contributed by atoms with Crippen molar-refractivity contribution >= 4 is 17.9 Å². The number of anilines is 1. The molecule has 0 aliphatic heterocycles. The average Bonchev–Trinajstić information content (AvgIpc) is 2.91. The highest BCUT2D eigenvalue weighted by Gasteiger charge is 2.28. The van der Waals surface area contributed by atoms with Crippen LogP contribution in [0, 0.1) is 0 Å². The number of carbonyl (C=O) groups is 2. The van der Waals surface area contributed by atoms with E-state index >= 15 is 0 Å². The van der Waals surface area contributed by atoms with Crippen molar-refractivity contribution in [3.05, 3.63) is 107 Å². The molecule has 4 rings (SSSR count). The van der Waals surface area contributed by atoms with Gasteiger partial charge in [-0.2, -0.15) is 0 Å². The predicted octanol–water partition coefficient (Wildman–Crippen LogP) is 5.48. The molecule has 0 unspecified atom stereocenters.